The monoisotopic (exact) mass is 268 g/mol. The number of halogens is 1. The van der Waals surface area contributed by atoms with Gasteiger partial charge in [-0.05, 0) is 43.8 Å². The summed E-state index contributed by atoms with van der Waals surface area (Å²) in [6, 6.07) is 5.57. The van der Waals surface area contributed by atoms with Crippen LogP contribution in [0.15, 0.2) is 18.2 Å². The molecule has 1 heterocycles. The average molecular weight is 268 g/mol. The van der Waals surface area contributed by atoms with Gasteiger partial charge >= 0.3 is 0 Å². The first kappa shape index (κ1) is 13.7. The topological polar surface area (TPSA) is 15.3 Å². The van der Waals surface area contributed by atoms with Crippen LogP contribution in [0.4, 0.5) is 10.1 Å². The quantitative estimate of drug-likeness (QED) is 0.904. The van der Waals surface area contributed by atoms with Crippen LogP contribution in [0.3, 0.4) is 0 Å². The average Bonchev–Trinajstić information content (AvgIpc) is 2.40. The molecule has 1 N–H and O–H groups in total. The summed E-state index contributed by atoms with van der Waals surface area (Å²) < 4.78 is 14.1. The van der Waals surface area contributed by atoms with Crippen molar-refractivity contribution in [1.82, 2.24) is 5.32 Å². The summed E-state index contributed by atoms with van der Waals surface area (Å²) in [6.45, 7) is 2.65. The molecular weight excluding hydrogens is 247 g/mol. The number of piperidine rings is 1. The minimum atomic E-state index is -0.0923. The zero-order chi connectivity index (χ0) is 13.0. The summed E-state index contributed by atoms with van der Waals surface area (Å²) in [4.78, 5) is 2.17. The largest absolute Gasteiger partial charge is 0.369 e. The summed E-state index contributed by atoms with van der Waals surface area (Å²) in [5.41, 5.74) is 1.76. The van der Waals surface area contributed by atoms with Gasteiger partial charge in [-0.25, -0.2) is 4.39 Å². The molecule has 100 valence electrons. The first-order valence-corrected chi connectivity index (χ1v) is 7.74. The van der Waals surface area contributed by atoms with Crippen LogP contribution in [0.1, 0.15) is 18.4 Å². The maximum Gasteiger partial charge on any atom is 0.146 e. The SMILES string of the molecule is CNCc1ccc(N2CCC(SC)CC2)c(F)c1. The highest BCUT2D eigenvalue weighted by molar-refractivity contribution is 7.99. The van der Waals surface area contributed by atoms with Crippen molar-refractivity contribution < 1.29 is 4.39 Å². The van der Waals surface area contributed by atoms with Crippen molar-refractivity contribution in [2.24, 2.45) is 0 Å². The summed E-state index contributed by atoms with van der Waals surface area (Å²) in [6.07, 6.45) is 4.46. The van der Waals surface area contributed by atoms with Gasteiger partial charge in [-0.15, -0.1) is 0 Å². The predicted octanol–water partition coefficient (Wildman–Crippen LogP) is 2.88. The van der Waals surface area contributed by atoms with Crippen molar-refractivity contribution in [2.75, 3.05) is 31.3 Å². The number of nitrogens with one attached hydrogen (secondary N) is 1. The van der Waals surface area contributed by atoms with Gasteiger partial charge in [-0.1, -0.05) is 6.07 Å². The van der Waals surface area contributed by atoms with Crippen LogP contribution < -0.4 is 10.2 Å². The molecule has 0 radical (unpaired) electrons. The highest BCUT2D eigenvalue weighted by Gasteiger charge is 2.20. The Labute approximate surface area is 113 Å². The molecule has 0 saturated carbocycles. The lowest BCUT2D eigenvalue weighted by Crippen LogP contribution is -2.35. The van der Waals surface area contributed by atoms with E-state index in [1.807, 2.05) is 30.9 Å². The van der Waals surface area contributed by atoms with E-state index in [1.54, 1.807) is 6.07 Å². The van der Waals surface area contributed by atoms with E-state index in [2.05, 4.69) is 16.5 Å². The van der Waals surface area contributed by atoms with Gasteiger partial charge in [-0.3, -0.25) is 0 Å². The molecule has 0 aromatic heterocycles. The first-order valence-electron chi connectivity index (χ1n) is 6.45. The Morgan fingerprint density at radius 3 is 2.67 bits per heavy atom. The molecule has 1 fully saturated rings. The highest BCUT2D eigenvalue weighted by Crippen LogP contribution is 2.27. The molecule has 0 aliphatic carbocycles. The molecule has 1 aromatic carbocycles. The highest BCUT2D eigenvalue weighted by atomic mass is 32.2. The van der Waals surface area contributed by atoms with Gasteiger partial charge in [0.2, 0.25) is 0 Å². The molecule has 0 unspecified atom stereocenters. The molecule has 0 bridgehead atoms. The zero-order valence-corrected chi connectivity index (χ0v) is 11.9. The fraction of sp³-hybridized carbons (Fsp3) is 0.571. The van der Waals surface area contributed by atoms with Gasteiger partial charge in [0.15, 0.2) is 0 Å². The minimum absolute atomic E-state index is 0.0923. The van der Waals surface area contributed by atoms with Crippen molar-refractivity contribution in [2.45, 2.75) is 24.6 Å². The number of benzene rings is 1. The van der Waals surface area contributed by atoms with Crippen LogP contribution >= 0.6 is 11.8 Å². The molecule has 2 nitrogen and oxygen atoms in total. The summed E-state index contributed by atoms with van der Waals surface area (Å²) in [7, 11) is 1.87. The van der Waals surface area contributed by atoms with Gasteiger partial charge in [-0.2, -0.15) is 11.8 Å². The fourth-order valence-corrected chi connectivity index (χ4v) is 3.14. The van der Waals surface area contributed by atoms with Crippen LogP contribution in [0.5, 0.6) is 0 Å². The van der Waals surface area contributed by atoms with E-state index >= 15 is 0 Å². The third-order valence-electron chi connectivity index (χ3n) is 3.51. The molecule has 18 heavy (non-hydrogen) atoms. The Morgan fingerprint density at radius 2 is 2.11 bits per heavy atom. The summed E-state index contributed by atoms with van der Waals surface area (Å²) in [5, 5.41) is 3.78. The molecule has 2 rings (SSSR count). The molecule has 4 heteroatoms. The number of rotatable bonds is 4. The second-order valence-corrected chi connectivity index (χ2v) is 5.88. The molecule has 0 amide bonds. The molecule has 1 aliphatic heterocycles. The predicted molar refractivity (Wildman–Crippen MR) is 77.9 cm³/mol. The molecular formula is C14H21FN2S. The fourth-order valence-electron chi connectivity index (χ4n) is 2.45. The lowest BCUT2D eigenvalue weighted by molar-refractivity contribution is 0.565. The standard InChI is InChI=1S/C14H21FN2S/c1-16-10-11-3-4-14(13(15)9-11)17-7-5-12(18-2)6-8-17/h3-4,9,12,16H,5-8,10H2,1-2H3. The van der Waals surface area contributed by atoms with E-state index < -0.39 is 0 Å². The lowest BCUT2D eigenvalue weighted by Gasteiger charge is -2.33. The molecule has 1 saturated heterocycles. The van der Waals surface area contributed by atoms with Gasteiger partial charge < -0.3 is 10.2 Å². The second kappa shape index (κ2) is 6.43. The number of hydrogen-bond acceptors (Lipinski definition) is 3. The number of anilines is 1. The van der Waals surface area contributed by atoms with Crippen LogP contribution in [0.2, 0.25) is 0 Å². The van der Waals surface area contributed by atoms with E-state index in [1.165, 1.54) is 0 Å². The van der Waals surface area contributed by atoms with E-state index in [0.717, 1.165) is 42.4 Å². The van der Waals surface area contributed by atoms with Crippen LogP contribution in [-0.2, 0) is 6.54 Å². The van der Waals surface area contributed by atoms with Crippen LogP contribution in [0, 0.1) is 5.82 Å². The van der Waals surface area contributed by atoms with Gasteiger partial charge in [0, 0.05) is 24.9 Å². The van der Waals surface area contributed by atoms with E-state index in [4.69, 9.17) is 0 Å². The van der Waals surface area contributed by atoms with Gasteiger partial charge in [0.25, 0.3) is 0 Å². The Kier molecular flexibility index (Phi) is 4.89. The van der Waals surface area contributed by atoms with Gasteiger partial charge in [0.1, 0.15) is 5.82 Å². The van der Waals surface area contributed by atoms with Crippen LogP contribution in [-0.4, -0.2) is 31.6 Å². The normalized spacial score (nSPS) is 17.2. The Bertz CT molecular complexity index is 389. The third-order valence-corrected chi connectivity index (χ3v) is 4.65. The molecule has 1 aliphatic rings. The van der Waals surface area contributed by atoms with Crippen molar-refractivity contribution in [3.63, 3.8) is 0 Å². The maximum atomic E-state index is 14.1. The smallest absolute Gasteiger partial charge is 0.146 e. The zero-order valence-electron chi connectivity index (χ0n) is 11.1. The first-order chi connectivity index (χ1) is 8.74. The Hall–Kier alpha value is -0.740. The van der Waals surface area contributed by atoms with Crippen molar-refractivity contribution >= 4 is 17.4 Å². The van der Waals surface area contributed by atoms with E-state index in [0.29, 0.717) is 6.54 Å². The number of hydrogen-bond donors (Lipinski definition) is 1. The van der Waals surface area contributed by atoms with Gasteiger partial charge in [0.05, 0.1) is 5.69 Å². The van der Waals surface area contributed by atoms with Crippen molar-refractivity contribution in [1.29, 1.82) is 0 Å². The Balaban J connectivity index is 2.05. The lowest BCUT2D eigenvalue weighted by atomic mass is 10.1. The molecule has 0 spiro atoms. The van der Waals surface area contributed by atoms with E-state index in [-0.39, 0.29) is 5.82 Å². The van der Waals surface area contributed by atoms with Crippen molar-refractivity contribution in [3.8, 4) is 0 Å². The second-order valence-electron chi connectivity index (χ2n) is 4.74. The molecule has 1 aromatic rings. The summed E-state index contributed by atoms with van der Waals surface area (Å²) in [5.74, 6) is -0.0923. The van der Waals surface area contributed by atoms with E-state index in [9.17, 15) is 4.39 Å². The maximum absolute atomic E-state index is 14.1. The minimum Gasteiger partial charge on any atom is -0.369 e. The third kappa shape index (κ3) is 3.18. The number of nitrogens with zero attached hydrogens (tertiary/aromatic N) is 1. The summed E-state index contributed by atoms with van der Waals surface area (Å²) >= 11 is 1.93. The Morgan fingerprint density at radius 1 is 1.39 bits per heavy atom. The molecule has 0 atom stereocenters. The number of thioether (sulfide) groups is 1. The van der Waals surface area contributed by atoms with Crippen molar-refractivity contribution in [3.05, 3.63) is 29.6 Å². The van der Waals surface area contributed by atoms with Crippen LogP contribution in [0.25, 0.3) is 0 Å².